The molecule has 0 radical (unpaired) electrons. The van der Waals surface area contributed by atoms with Gasteiger partial charge in [0.2, 0.25) is 0 Å². The number of hydrogen-bond acceptors (Lipinski definition) is 2. The highest BCUT2D eigenvalue weighted by molar-refractivity contribution is 9.10. The van der Waals surface area contributed by atoms with Crippen LogP contribution >= 0.6 is 15.9 Å². The smallest absolute Gasteiger partial charge is 0.327 e. The second-order valence-electron chi connectivity index (χ2n) is 4.05. The number of aryl methyl sites for hydroxylation is 1. The zero-order valence-corrected chi connectivity index (χ0v) is 12.5. The molecule has 0 saturated heterocycles. The van der Waals surface area contributed by atoms with Crippen LogP contribution in [0.2, 0.25) is 0 Å². The van der Waals surface area contributed by atoms with E-state index in [9.17, 15) is 9.59 Å². The molecule has 0 bridgehead atoms. The second kappa shape index (κ2) is 7.56. The van der Waals surface area contributed by atoms with Crippen LogP contribution in [0.5, 0.6) is 0 Å². The fourth-order valence-corrected chi connectivity index (χ4v) is 2.02. The van der Waals surface area contributed by atoms with Crippen molar-refractivity contribution in [1.29, 1.82) is 0 Å². The molecule has 5 nitrogen and oxygen atoms in total. The Hall–Kier alpha value is -2.00. The molecule has 1 aromatic rings. The average molecular weight is 339 g/mol. The lowest BCUT2D eigenvalue weighted by molar-refractivity contribution is -0.139. The normalized spacial score (nSPS) is 11.2. The molecule has 2 amide bonds. The van der Waals surface area contributed by atoms with Crippen molar-refractivity contribution in [2.45, 2.75) is 25.8 Å². The van der Waals surface area contributed by atoms with Gasteiger partial charge in [-0.05, 0) is 30.2 Å². The minimum Gasteiger partial charge on any atom is -0.480 e. The van der Waals surface area contributed by atoms with Crippen molar-refractivity contribution in [1.82, 2.24) is 5.32 Å². The molecule has 1 atom stereocenters. The topological polar surface area (TPSA) is 78.4 Å². The number of rotatable bonds is 5. The van der Waals surface area contributed by atoms with E-state index in [2.05, 4.69) is 32.5 Å². The molecule has 0 spiro atoms. The number of carboxylic acids is 1. The molecule has 0 saturated carbocycles. The van der Waals surface area contributed by atoms with Crippen LogP contribution in [-0.4, -0.2) is 23.1 Å². The summed E-state index contributed by atoms with van der Waals surface area (Å²) in [6, 6.07) is 3.75. The van der Waals surface area contributed by atoms with Gasteiger partial charge in [0, 0.05) is 16.6 Å². The van der Waals surface area contributed by atoms with Crippen molar-refractivity contribution in [2.24, 2.45) is 0 Å². The third-order valence-corrected chi connectivity index (χ3v) is 3.12. The Morgan fingerprint density at radius 1 is 1.50 bits per heavy atom. The maximum atomic E-state index is 11.8. The molecule has 6 heteroatoms. The van der Waals surface area contributed by atoms with Gasteiger partial charge in [-0.2, -0.15) is 0 Å². The minimum atomic E-state index is -1.16. The SMILES string of the molecule is C#CCC(NC(=O)Nc1ccc(Br)cc1CC)C(=O)O. The minimum absolute atomic E-state index is 0.0657. The molecular formula is C14H15BrN2O3. The van der Waals surface area contributed by atoms with Crippen LogP contribution in [-0.2, 0) is 11.2 Å². The Bertz CT molecular complexity index is 552. The lowest BCUT2D eigenvalue weighted by Gasteiger charge is -2.14. The van der Waals surface area contributed by atoms with Gasteiger partial charge in [0.25, 0.3) is 0 Å². The summed E-state index contributed by atoms with van der Waals surface area (Å²) in [6.45, 7) is 1.96. The summed E-state index contributed by atoms with van der Waals surface area (Å²) in [5.74, 6) is 1.06. The zero-order valence-electron chi connectivity index (χ0n) is 10.9. The van der Waals surface area contributed by atoms with Gasteiger partial charge < -0.3 is 15.7 Å². The molecule has 3 N–H and O–H groups in total. The highest BCUT2D eigenvalue weighted by Crippen LogP contribution is 2.21. The summed E-state index contributed by atoms with van der Waals surface area (Å²) < 4.78 is 0.913. The number of aliphatic carboxylic acids is 1. The Labute approximate surface area is 125 Å². The molecular weight excluding hydrogens is 324 g/mol. The van der Waals surface area contributed by atoms with Crippen LogP contribution in [0.15, 0.2) is 22.7 Å². The third-order valence-electron chi connectivity index (χ3n) is 2.62. The van der Waals surface area contributed by atoms with Crippen molar-refractivity contribution in [3.8, 4) is 12.3 Å². The van der Waals surface area contributed by atoms with E-state index in [4.69, 9.17) is 11.5 Å². The number of amides is 2. The van der Waals surface area contributed by atoms with E-state index in [1.807, 2.05) is 13.0 Å². The molecule has 1 unspecified atom stereocenters. The number of carbonyl (C=O) groups excluding carboxylic acids is 1. The van der Waals surface area contributed by atoms with Gasteiger partial charge >= 0.3 is 12.0 Å². The van der Waals surface area contributed by atoms with E-state index < -0.39 is 18.0 Å². The number of halogens is 1. The van der Waals surface area contributed by atoms with Crippen molar-refractivity contribution in [3.05, 3.63) is 28.2 Å². The summed E-state index contributed by atoms with van der Waals surface area (Å²) >= 11 is 3.36. The lowest BCUT2D eigenvalue weighted by Crippen LogP contribution is -2.42. The molecule has 0 aromatic heterocycles. The van der Waals surface area contributed by atoms with E-state index in [0.717, 1.165) is 16.5 Å². The maximum absolute atomic E-state index is 11.8. The van der Waals surface area contributed by atoms with Crippen LogP contribution in [0.25, 0.3) is 0 Å². The standard InChI is InChI=1S/C14H15BrN2O3/c1-3-5-12(13(18)19)17-14(20)16-11-7-6-10(15)8-9(11)4-2/h1,6-8,12H,4-5H2,2H3,(H,18,19)(H2,16,17,20). The summed E-state index contributed by atoms with van der Waals surface area (Å²) in [5, 5.41) is 13.9. The van der Waals surface area contributed by atoms with Gasteiger partial charge in [-0.3, -0.25) is 0 Å². The first-order chi connectivity index (χ1) is 9.47. The maximum Gasteiger partial charge on any atom is 0.327 e. The van der Waals surface area contributed by atoms with E-state index >= 15 is 0 Å². The summed E-state index contributed by atoms with van der Waals surface area (Å²) in [5.41, 5.74) is 1.58. The quantitative estimate of drug-likeness (QED) is 0.722. The predicted octanol–water partition coefficient (Wildman–Crippen LogP) is 2.61. The molecule has 106 valence electrons. The van der Waals surface area contributed by atoms with Gasteiger partial charge in [-0.15, -0.1) is 12.3 Å². The Kier molecular flexibility index (Phi) is 6.07. The Morgan fingerprint density at radius 2 is 2.20 bits per heavy atom. The molecule has 0 aliphatic carbocycles. The fraction of sp³-hybridized carbons (Fsp3) is 0.286. The average Bonchev–Trinajstić information content (AvgIpc) is 2.40. The Morgan fingerprint density at radius 3 is 2.75 bits per heavy atom. The third kappa shape index (κ3) is 4.59. The molecule has 0 fully saturated rings. The number of nitrogens with one attached hydrogen (secondary N) is 2. The predicted molar refractivity (Wildman–Crippen MR) is 80.5 cm³/mol. The van der Waals surface area contributed by atoms with Crippen LogP contribution in [0.1, 0.15) is 18.9 Å². The largest absolute Gasteiger partial charge is 0.480 e. The van der Waals surface area contributed by atoms with Crippen LogP contribution in [0, 0.1) is 12.3 Å². The highest BCUT2D eigenvalue weighted by atomic mass is 79.9. The fourth-order valence-electron chi connectivity index (χ4n) is 1.61. The number of urea groups is 1. The molecule has 20 heavy (non-hydrogen) atoms. The van der Waals surface area contributed by atoms with Gasteiger partial charge in [-0.1, -0.05) is 22.9 Å². The number of hydrogen-bond donors (Lipinski definition) is 3. The number of anilines is 1. The van der Waals surface area contributed by atoms with E-state index in [1.54, 1.807) is 12.1 Å². The number of terminal acetylenes is 1. The van der Waals surface area contributed by atoms with Crippen LogP contribution in [0.3, 0.4) is 0 Å². The van der Waals surface area contributed by atoms with Gasteiger partial charge in [0.1, 0.15) is 6.04 Å². The summed E-state index contributed by atoms with van der Waals surface area (Å²) in [6.07, 6.45) is 5.74. The van der Waals surface area contributed by atoms with Crippen molar-refractivity contribution >= 4 is 33.6 Å². The first-order valence-corrected chi connectivity index (χ1v) is 6.79. The van der Waals surface area contributed by atoms with Crippen molar-refractivity contribution in [2.75, 3.05) is 5.32 Å². The van der Waals surface area contributed by atoms with Gasteiger partial charge in [-0.25, -0.2) is 9.59 Å². The summed E-state index contributed by atoms with van der Waals surface area (Å²) in [7, 11) is 0. The number of carbonyl (C=O) groups is 2. The first kappa shape index (κ1) is 16.1. The second-order valence-corrected chi connectivity index (χ2v) is 4.97. The number of benzene rings is 1. The molecule has 1 rings (SSSR count). The van der Waals surface area contributed by atoms with Crippen LogP contribution < -0.4 is 10.6 Å². The molecule has 0 aliphatic rings. The van der Waals surface area contributed by atoms with Crippen molar-refractivity contribution in [3.63, 3.8) is 0 Å². The number of carboxylic acid groups (broad SMARTS) is 1. The lowest BCUT2D eigenvalue weighted by atomic mass is 10.1. The van der Waals surface area contributed by atoms with Crippen LogP contribution in [0.4, 0.5) is 10.5 Å². The van der Waals surface area contributed by atoms with Crippen molar-refractivity contribution < 1.29 is 14.7 Å². The monoisotopic (exact) mass is 338 g/mol. The zero-order chi connectivity index (χ0) is 15.1. The van der Waals surface area contributed by atoms with Gasteiger partial charge in [0.05, 0.1) is 0 Å². The highest BCUT2D eigenvalue weighted by Gasteiger charge is 2.19. The van der Waals surface area contributed by atoms with E-state index in [-0.39, 0.29) is 6.42 Å². The van der Waals surface area contributed by atoms with Gasteiger partial charge in [0.15, 0.2) is 0 Å². The molecule has 0 aliphatic heterocycles. The molecule has 0 heterocycles. The van der Waals surface area contributed by atoms with E-state index in [0.29, 0.717) is 5.69 Å². The first-order valence-electron chi connectivity index (χ1n) is 6.00. The molecule has 1 aromatic carbocycles. The van der Waals surface area contributed by atoms with E-state index in [1.165, 1.54) is 0 Å². The summed E-state index contributed by atoms with van der Waals surface area (Å²) in [4.78, 5) is 22.7. The Balaban J connectivity index is 2.76.